The Morgan fingerprint density at radius 3 is 2.70 bits per heavy atom. The average Bonchev–Trinajstić information content (AvgIpc) is 2.96. The van der Waals surface area contributed by atoms with Gasteiger partial charge < -0.3 is 5.32 Å². The molecule has 0 bridgehead atoms. The van der Waals surface area contributed by atoms with E-state index in [1.54, 1.807) is 20.0 Å². The molecular weight excluding hydrogens is 361 g/mol. The molecule has 1 aliphatic rings. The van der Waals surface area contributed by atoms with Crippen LogP contribution in [0.1, 0.15) is 31.4 Å². The van der Waals surface area contributed by atoms with Gasteiger partial charge in [-0.15, -0.1) is 17.3 Å². The lowest BCUT2D eigenvalue weighted by atomic mass is 9.86. The fourth-order valence-corrected chi connectivity index (χ4v) is 4.57. The van der Waals surface area contributed by atoms with E-state index < -0.39 is 5.54 Å². The van der Waals surface area contributed by atoms with Crippen molar-refractivity contribution in [3.63, 3.8) is 0 Å². The number of halogens is 1. The third-order valence-corrected chi connectivity index (χ3v) is 6.20. The monoisotopic (exact) mass is 379 g/mol. The van der Waals surface area contributed by atoms with Gasteiger partial charge >= 0.3 is 0 Å². The molecule has 0 unspecified atom stereocenters. The first kappa shape index (κ1) is 17.5. The zero-order chi connectivity index (χ0) is 19.3. The van der Waals surface area contributed by atoms with Gasteiger partial charge in [-0.1, -0.05) is 12.0 Å². The summed E-state index contributed by atoms with van der Waals surface area (Å²) in [6.07, 6.45) is 0.265. The summed E-state index contributed by atoms with van der Waals surface area (Å²) in [6.45, 7) is 3.61. The van der Waals surface area contributed by atoms with Crippen LogP contribution in [-0.4, -0.2) is 23.8 Å². The van der Waals surface area contributed by atoms with E-state index in [1.807, 2.05) is 25.1 Å². The average molecular weight is 379 g/mol. The Labute approximate surface area is 160 Å². The third kappa shape index (κ3) is 2.75. The van der Waals surface area contributed by atoms with Crippen LogP contribution in [0.25, 0.3) is 20.2 Å². The maximum absolute atomic E-state index is 14.2. The fourth-order valence-electron chi connectivity index (χ4n) is 3.48. The predicted molar refractivity (Wildman–Crippen MR) is 107 cm³/mol. The lowest BCUT2D eigenvalue weighted by molar-refractivity contribution is -0.129. The van der Waals surface area contributed by atoms with E-state index in [2.05, 4.69) is 17.2 Å². The van der Waals surface area contributed by atoms with E-state index in [4.69, 9.17) is 5.41 Å². The lowest BCUT2D eigenvalue weighted by Gasteiger charge is -2.39. The summed E-state index contributed by atoms with van der Waals surface area (Å²) in [5.74, 6) is 5.24. The Kier molecular flexibility index (Phi) is 3.93. The molecule has 1 saturated heterocycles. The Bertz CT molecular complexity index is 1170. The number of hydrogen-bond donors (Lipinski definition) is 2. The smallest absolute Gasteiger partial charge is 0.231 e. The molecule has 0 aliphatic carbocycles. The van der Waals surface area contributed by atoms with E-state index in [0.717, 1.165) is 25.7 Å². The summed E-state index contributed by atoms with van der Waals surface area (Å²) in [5, 5.41) is 13.1. The number of benzene rings is 2. The molecule has 2 heterocycles. The summed E-state index contributed by atoms with van der Waals surface area (Å²) >= 11 is 1.53. The molecule has 2 aromatic carbocycles. The topological polar surface area (TPSA) is 56.2 Å². The molecule has 136 valence electrons. The van der Waals surface area contributed by atoms with Gasteiger partial charge in [0.15, 0.2) is 5.96 Å². The quantitative estimate of drug-likeness (QED) is 0.624. The molecule has 2 N–H and O–H groups in total. The molecule has 0 spiro atoms. The van der Waals surface area contributed by atoms with E-state index in [-0.39, 0.29) is 24.1 Å². The molecule has 0 saturated carbocycles. The molecule has 1 atom stereocenters. The number of rotatable bonds is 1. The first-order valence-corrected chi connectivity index (χ1v) is 9.36. The largest absolute Gasteiger partial charge is 0.346 e. The molecule has 27 heavy (non-hydrogen) atoms. The van der Waals surface area contributed by atoms with Crippen molar-refractivity contribution in [3.05, 3.63) is 47.3 Å². The van der Waals surface area contributed by atoms with Gasteiger partial charge in [-0.25, -0.2) is 4.39 Å². The summed E-state index contributed by atoms with van der Waals surface area (Å²) in [6, 6.07) is 9.33. The predicted octanol–water partition coefficient (Wildman–Crippen LogP) is 4.17. The minimum atomic E-state index is -0.658. The lowest BCUT2D eigenvalue weighted by Crippen LogP contribution is -2.58. The second kappa shape index (κ2) is 6.07. The third-order valence-electron chi connectivity index (χ3n) is 5.06. The maximum Gasteiger partial charge on any atom is 0.231 e. The van der Waals surface area contributed by atoms with Crippen LogP contribution in [0, 0.1) is 23.1 Å². The zero-order valence-corrected chi connectivity index (χ0v) is 16.1. The van der Waals surface area contributed by atoms with Crippen molar-refractivity contribution in [2.24, 2.45) is 0 Å². The minimum absolute atomic E-state index is 0.0894. The van der Waals surface area contributed by atoms with E-state index in [9.17, 15) is 9.18 Å². The Morgan fingerprint density at radius 2 is 2.00 bits per heavy atom. The van der Waals surface area contributed by atoms with E-state index in [1.165, 1.54) is 22.3 Å². The molecule has 1 aliphatic heterocycles. The second-order valence-electron chi connectivity index (χ2n) is 6.95. The number of hydrogen-bond acceptors (Lipinski definition) is 3. The molecule has 1 amide bonds. The van der Waals surface area contributed by atoms with Gasteiger partial charge in [0, 0.05) is 27.2 Å². The van der Waals surface area contributed by atoms with Crippen LogP contribution >= 0.6 is 11.3 Å². The summed E-state index contributed by atoms with van der Waals surface area (Å²) in [7, 11) is 1.59. The van der Waals surface area contributed by atoms with Gasteiger partial charge in [-0.05, 0) is 43.7 Å². The number of guanidine groups is 1. The van der Waals surface area contributed by atoms with Crippen molar-refractivity contribution in [3.8, 4) is 11.8 Å². The van der Waals surface area contributed by atoms with Crippen LogP contribution in [0.5, 0.6) is 0 Å². The first-order valence-electron chi connectivity index (χ1n) is 8.55. The van der Waals surface area contributed by atoms with Crippen LogP contribution in [0.15, 0.2) is 30.3 Å². The molecule has 4 nitrogen and oxygen atoms in total. The molecule has 6 heteroatoms. The van der Waals surface area contributed by atoms with Crippen LogP contribution < -0.4 is 5.32 Å². The number of fused-ring (bicyclic) bond motifs is 3. The highest BCUT2D eigenvalue weighted by Crippen LogP contribution is 2.38. The van der Waals surface area contributed by atoms with Crippen molar-refractivity contribution in [1.29, 1.82) is 5.41 Å². The van der Waals surface area contributed by atoms with Gasteiger partial charge in [-0.3, -0.25) is 15.1 Å². The number of nitrogens with zero attached hydrogens (tertiary/aromatic N) is 1. The number of thiophene rings is 1. The number of amides is 1. The van der Waals surface area contributed by atoms with Crippen molar-refractivity contribution in [2.45, 2.75) is 25.8 Å². The van der Waals surface area contributed by atoms with Gasteiger partial charge in [0.05, 0.1) is 17.5 Å². The Hall–Kier alpha value is -2.91. The standard InChI is InChI=1S/C21H18FN3OS/c1-4-5-12-8-14-15-9-13(6-7-17(15)27-18(14)10-16(12)22)21(2)11-19(26)25(3)20(23)24-21/h6-10H,11H2,1-3H3,(H2,23,24)/t21-/m0/s1. The molecule has 3 aromatic rings. The summed E-state index contributed by atoms with van der Waals surface area (Å²) < 4.78 is 16.1. The van der Waals surface area contributed by atoms with Gasteiger partial charge in [-0.2, -0.15) is 0 Å². The SMILES string of the molecule is CC#Cc1cc2c(cc1F)sc1ccc([C@]3(C)CC(=O)N(C)C(=N)N3)cc12. The Balaban J connectivity index is 1.89. The van der Waals surface area contributed by atoms with Crippen molar-refractivity contribution >= 4 is 43.4 Å². The van der Waals surface area contributed by atoms with Gasteiger partial charge in [0.25, 0.3) is 0 Å². The van der Waals surface area contributed by atoms with Crippen molar-refractivity contribution in [1.82, 2.24) is 10.2 Å². The second-order valence-corrected chi connectivity index (χ2v) is 8.04. The minimum Gasteiger partial charge on any atom is -0.346 e. The number of carbonyl (C=O) groups is 1. The van der Waals surface area contributed by atoms with E-state index in [0.29, 0.717) is 5.56 Å². The zero-order valence-electron chi connectivity index (χ0n) is 15.2. The van der Waals surface area contributed by atoms with Gasteiger partial charge in [0.1, 0.15) is 5.82 Å². The van der Waals surface area contributed by atoms with Crippen LogP contribution in [0.4, 0.5) is 4.39 Å². The summed E-state index contributed by atoms with van der Waals surface area (Å²) in [4.78, 5) is 13.6. The molecule has 1 fully saturated rings. The van der Waals surface area contributed by atoms with Gasteiger partial charge in [0.2, 0.25) is 5.91 Å². The molecular formula is C21H18FN3OS. The highest BCUT2D eigenvalue weighted by molar-refractivity contribution is 7.25. The van der Waals surface area contributed by atoms with Crippen LogP contribution in [0.3, 0.4) is 0 Å². The normalized spacial score (nSPS) is 19.9. The van der Waals surface area contributed by atoms with Crippen LogP contribution in [0.2, 0.25) is 0 Å². The maximum atomic E-state index is 14.2. The van der Waals surface area contributed by atoms with Crippen molar-refractivity contribution in [2.75, 3.05) is 7.05 Å². The van der Waals surface area contributed by atoms with E-state index >= 15 is 0 Å². The summed E-state index contributed by atoms with van der Waals surface area (Å²) in [5.41, 5.74) is 0.652. The Morgan fingerprint density at radius 1 is 1.26 bits per heavy atom. The fraction of sp³-hybridized carbons (Fsp3) is 0.238. The van der Waals surface area contributed by atoms with Crippen LogP contribution in [-0.2, 0) is 10.3 Å². The first-order chi connectivity index (χ1) is 12.8. The molecule has 1 aromatic heterocycles. The number of carbonyl (C=O) groups excluding carboxylic acids is 1. The highest BCUT2D eigenvalue weighted by Gasteiger charge is 2.38. The van der Waals surface area contributed by atoms with Crippen molar-refractivity contribution < 1.29 is 9.18 Å². The molecule has 4 rings (SSSR count). The molecule has 0 radical (unpaired) electrons. The number of nitrogens with one attached hydrogen (secondary N) is 2. The highest BCUT2D eigenvalue weighted by atomic mass is 32.1.